The second-order valence-corrected chi connectivity index (χ2v) is 3.81. The third kappa shape index (κ3) is 0.800. The van der Waals surface area contributed by atoms with Crippen LogP contribution in [0.25, 0.3) is 0 Å². The Morgan fingerprint density at radius 2 is 2.30 bits per heavy atom. The van der Waals surface area contributed by atoms with Crippen molar-refractivity contribution < 1.29 is 4.74 Å². The fraction of sp³-hybridized carbons (Fsp3) is 1.00. The Kier molecular flexibility index (Phi) is 1.31. The van der Waals surface area contributed by atoms with Gasteiger partial charge in [-0.2, -0.15) is 0 Å². The Morgan fingerprint density at radius 1 is 1.60 bits per heavy atom. The largest absolute Gasteiger partial charge is 0.366 e. The Morgan fingerprint density at radius 3 is 2.70 bits per heavy atom. The van der Waals surface area contributed by atoms with Crippen LogP contribution < -0.4 is 0 Å². The van der Waals surface area contributed by atoms with Crippen molar-refractivity contribution in [1.82, 2.24) is 0 Å². The fourth-order valence-corrected chi connectivity index (χ4v) is 1.96. The van der Waals surface area contributed by atoms with E-state index in [1.807, 2.05) is 0 Å². The molecule has 0 unspecified atom stereocenters. The lowest BCUT2D eigenvalue weighted by atomic mass is 10.1. The van der Waals surface area contributed by atoms with Crippen molar-refractivity contribution in [2.45, 2.75) is 51.2 Å². The van der Waals surface area contributed by atoms with E-state index in [-0.39, 0.29) is 0 Å². The molecule has 1 spiro atoms. The summed E-state index contributed by atoms with van der Waals surface area (Å²) in [7, 11) is 0. The van der Waals surface area contributed by atoms with Crippen LogP contribution in [0.1, 0.15) is 39.5 Å². The molecular formula is C9H16O. The van der Waals surface area contributed by atoms with E-state index in [9.17, 15) is 0 Å². The van der Waals surface area contributed by atoms with E-state index < -0.39 is 0 Å². The van der Waals surface area contributed by atoms with Crippen molar-refractivity contribution in [3.8, 4) is 0 Å². The fourth-order valence-electron chi connectivity index (χ4n) is 1.96. The molecule has 3 atom stereocenters. The van der Waals surface area contributed by atoms with Crippen LogP contribution in [0.5, 0.6) is 0 Å². The van der Waals surface area contributed by atoms with E-state index in [4.69, 9.17) is 4.74 Å². The molecule has 1 heterocycles. The van der Waals surface area contributed by atoms with Crippen LogP contribution in [0, 0.1) is 5.92 Å². The Bertz CT molecular complexity index is 144. The highest BCUT2D eigenvalue weighted by Gasteiger charge is 2.70. The summed E-state index contributed by atoms with van der Waals surface area (Å²) in [5.41, 5.74) is 0.426. The SMILES string of the molecule is CCCC[C@H]1O[C@@]12C[C@@H]2C. The van der Waals surface area contributed by atoms with Gasteiger partial charge in [-0.3, -0.25) is 0 Å². The van der Waals surface area contributed by atoms with Gasteiger partial charge in [0.2, 0.25) is 0 Å². The maximum atomic E-state index is 5.63. The van der Waals surface area contributed by atoms with Gasteiger partial charge in [-0.05, 0) is 18.8 Å². The maximum Gasteiger partial charge on any atom is 0.0978 e. The van der Waals surface area contributed by atoms with Crippen LogP contribution in [0.2, 0.25) is 0 Å². The molecule has 0 N–H and O–H groups in total. The van der Waals surface area contributed by atoms with E-state index in [1.165, 1.54) is 25.7 Å². The topological polar surface area (TPSA) is 12.5 Å². The zero-order chi connectivity index (χ0) is 7.19. The van der Waals surface area contributed by atoms with Gasteiger partial charge in [0.05, 0.1) is 11.7 Å². The second kappa shape index (κ2) is 1.97. The predicted molar refractivity (Wildman–Crippen MR) is 40.9 cm³/mol. The van der Waals surface area contributed by atoms with Crippen LogP contribution in [0.4, 0.5) is 0 Å². The van der Waals surface area contributed by atoms with Crippen molar-refractivity contribution in [1.29, 1.82) is 0 Å². The number of hydrogen-bond acceptors (Lipinski definition) is 1. The molecule has 1 nitrogen and oxygen atoms in total. The van der Waals surface area contributed by atoms with E-state index >= 15 is 0 Å². The van der Waals surface area contributed by atoms with Gasteiger partial charge in [0.15, 0.2) is 0 Å². The first kappa shape index (κ1) is 6.66. The van der Waals surface area contributed by atoms with Gasteiger partial charge in [0, 0.05) is 0 Å². The lowest BCUT2D eigenvalue weighted by Crippen LogP contribution is -1.94. The van der Waals surface area contributed by atoms with Gasteiger partial charge in [-0.15, -0.1) is 0 Å². The standard InChI is InChI=1S/C9H16O/c1-3-4-5-8-9(10-8)6-7(9)2/h7-8H,3-6H2,1-2H3/t7-,8+,9+/m0/s1. The highest BCUT2D eigenvalue weighted by atomic mass is 16.6. The molecule has 2 rings (SSSR count). The highest BCUT2D eigenvalue weighted by molar-refractivity contribution is 5.18. The molecule has 2 fully saturated rings. The quantitative estimate of drug-likeness (QED) is 0.548. The van der Waals surface area contributed by atoms with Gasteiger partial charge in [-0.1, -0.05) is 26.7 Å². The smallest absolute Gasteiger partial charge is 0.0978 e. The molecule has 58 valence electrons. The third-order valence-electron chi connectivity index (χ3n) is 2.97. The lowest BCUT2D eigenvalue weighted by Gasteiger charge is -1.89. The summed E-state index contributed by atoms with van der Waals surface area (Å²) in [4.78, 5) is 0. The first-order valence-electron chi connectivity index (χ1n) is 4.47. The summed E-state index contributed by atoms with van der Waals surface area (Å²) in [5, 5.41) is 0. The zero-order valence-electron chi connectivity index (χ0n) is 6.89. The molecule has 1 heteroatoms. The number of unbranched alkanes of at least 4 members (excludes halogenated alkanes) is 1. The number of epoxide rings is 1. The van der Waals surface area contributed by atoms with Crippen LogP contribution in [-0.2, 0) is 4.74 Å². The predicted octanol–water partition coefficient (Wildman–Crippen LogP) is 2.35. The van der Waals surface area contributed by atoms with Crippen LogP contribution in [0.3, 0.4) is 0 Å². The minimum absolute atomic E-state index is 0.426. The molecule has 0 aromatic carbocycles. The second-order valence-electron chi connectivity index (χ2n) is 3.81. The molecule has 2 aliphatic rings. The Hall–Kier alpha value is -0.0400. The van der Waals surface area contributed by atoms with Gasteiger partial charge in [0.25, 0.3) is 0 Å². The number of hydrogen-bond donors (Lipinski definition) is 0. The summed E-state index contributed by atoms with van der Waals surface area (Å²) in [5.74, 6) is 0.870. The summed E-state index contributed by atoms with van der Waals surface area (Å²) >= 11 is 0. The molecule has 0 aromatic rings. The minimum atomic E-state index is 0.426. The molecule has 0 aromatic heterocycles. The van der Waals surface area contributed by atoms with Gasteiger partial charge in [0.1, 0.15) is 0 Å². The van der Waals surface area contributed by atoms with E-state index in [2.05, 4.69) is 13.8 Å². The molecule has 1 saturated heterocycles. The van der Waals surface area contributed by atoms with Gasteiger partial charge >= 0.3 is 0 Å². The molecule has 0 bridgehead atoms. The van der Waals surface area contributed by atoms with Crippen molar-refractivity contribution in [3.05, 3.63) is 0 Å². The number of ether oxygens (including phenoxy) is 1. The zero-order valence-corrected chi connectivity index (χ0v) is 6.89. The molecule has 10 heavy (non-hydrogen) atoms. The van der Waals surface area contributed by atoms with Crippen LogP contribution >= 0.6 is 0 Å². The first-order valence-corrected chi connectivity index (χ1v) is 4.47. The molecule has 0 radical (unpaired) electrons. The minimum Gasteiger partial charge on any atom is -0.366 e. The molecule has 1 aliphatic carbocycles. The van der Waals surface area contributed by atoms with Gasteiger partial charge < -0.3 is 4.74 Å². The molecular weight excluding hydrogens is 124 g/mol. The summed E-state index contributed by atoms with van der Waals surface area (Å²) in [6.45, 7) is 4.54. The van der Waals surface area contributed by atoms with Gasteiger partial charge in [-0.25, -0.2) is 0 Å². The first-order chi connectivity index (χ1) is 4.79. The lowest BCUT2D eigenvalue weighted by molar-refractivity contribution is 0.345. The summed E-state index contributed by atoms with van der Waals surface area (Å²) in [6.07, 6.45) is 5.95. The average Bonchev–Trinajstić information content (AvgIpc) is 2.74. The molecule has 1 saturated carbocycles. The van der Waals surface area contributed by atoms with Crippen LogP contribution in [-0.4, -0.2) is 11.7 Å². The molecule has 0 amide bonds. The van der Waals surface area contributed by atoms with Crippen molar-refractivity contribution in [3.63, 3.8) is 0 Å². The van der Waals surface area contributed by atoms with Crippen molar-refractivity contribution >= 4 is 0 Å². The summed E-state index contributed by atoms with van der Waals surface area (Å²) in [6, 6.07) is 0. The Labute approximate surface area is 62.8 Å². The van der Waals surface area contributed by atoms with E-state index in [0.29, 0.717) is 11.7 Å². The van der Waals surface area contributed by atoms with E-state index in [1.54, 1.807) is 0 Å². The Balaban J connectivity index is 1.71. The van der Waals surface area contributed by atoms with Crippen molar-refractivity contribution in [2.75, 3.05) is 0 Å². The monoisotopic (exact) mass is 140 g/mol. The van der Waals surface area contributed by atoms with Crippen LogP contribution in [0.15, 0.2) is 0 Å². The van der Waals surface area contributed by atoms with E-state index in [0.717, 1.165) is 5.92 Å². The third-order valence-corrected chi connectivity index (χ3v) is 2.97. The molecule has 1 aliphatic heterocycles. The number of rotatable bonds is 3. The maximum absolute atomic E-state index is 5.63. The summed E-state index contributed by atoms with van der Waals surface area (Å²) < 4.78 is 5.63. The highest BCUT2D eigenvalue weighted by Crippen LogP contribution is 2.62. The average molecular weight is 140 g/mol. The van der Waals surface area contributed by atoms with Crippen molar-refractivity contribution in [2.24, 2.45) is 5.92 Å². The normalized spacial score (nSPS) is 49.8.